The summed E-state index contributed by atoms with van der Waals surface area (Å²) in [5.74, 6) is 1.31. The minimum Gasteiger partial charge on any atom is -0.493 e. The van der Waals surface area contributed by atoms with Crippen molar-refractivity contribution >= 4 is 34.4 Å². The number of amides is 1. The number of hydrazone groups is 1. The normalized spacial score (nSPS) is 18.9. The number of anilines is 1. The number of methoxy groups -OCH3 is 2. The zero-order valence-corrected chi connectivity index (χ0v) is 24.2. The smallest absolute Gasteiger partial charge is 0.254 e. The van der Waals surface area contributed by atoms with Gasteiger partial charge in [0.2, 0.25) is 0 Å². The van der Waals surface area contributed by atoms with Crippen molar-refractivity contribution in [1.82, 2.24) is 9.91 Å². The third-order valence-electron chi connectivity index (χ3n) is 8.38. The van der Waals surface area contributed by atoms with Gasteiger partial charge in [0.1, 0.15) is 12.3 Å². The monoisotopic (exact) mass is 542 g/mol. The topological polar surface area (TPSA) is 74.7 Å². The van der Waals surface area contributed by atoms with Crippen molar-refractivity contribution in [3.05, 3.63) is 65.7 Å². The summed E-state index contributed by atoms with van der Waals surface area (Å²) < 4.78 is 10.9. The average Bonchev–Trinajstić information content (AvgIpc) is 3.25. The predicted octanol–water partition coefficient (Wildman–Crippen LogP) is 4.84. The number of hydrogen-bond acceptors (Lipinski definition) is 7. The second-order valence-corrected chi connectivity index (χ2v) is 11.3. The van der Waals surface area contributed by atoms with E-state index in [4.69, 9.17) is 14.6 Å². The van der Waals surface area contributed by atoms with E-state index in [2.05, 4.69) is 24.8 Å². The molecule has 8 nitrogen and oxygen atoms in total. The average molecular weight is 543 g/mol. The van der Waals surface area contributed by atoms with Gasteiger partial charge in [0.25, 0.3) is 5.91 Å². The summed E-state index contributed by atoms with van der Waals surface area (Å²) >= 11 is 0. The minimum absolute atomic E-state index is 0.0446. The first-order valence-corrected chi connectivity index (χ1v) is 13.7. The first-order valence-electron chi connectivity index (χ1n) is 13.7. The van der Waals surface area contributed by atoms with Gasteiger partial charge in [-0.05, 0) is 48.6 Å². The molecule has 1 atom stereocenters. The standard InChI is InChI=1S/C32H38N4O4/c1-32(2)29(20-37)36(33-30(32)21-11-14-27(39-5)28(19-21)40-6)22-15-17-35(18-16-22)31(38)25-12-13-26(34(3)4)24-10-8-7-9-23(24)25/h7-14,19-20,22,29H,15-18H2,1-6H3. The summed E-state index contributed by atoms with van der Waals surface area (Å²) in [6, 6.07) is 17.4. The summed E-state index contributed by atoms with van der Waals surface area (Å²) in [5, 5.41) is 9.03. The highest BCUT2D eigenvalue weighted by atomic mass is 16.5. The molecule has 1 fully saturated rings. The molecule has 8 heteroatoms. The molecule has 0 N–H and O–H groups in total. The maximum Gasteiger partial charge on any atom is 0.254 e. The number of benzene rings is 3. The number of hydrogen-bond donors (Lipinski definition) is 0. The summed E-state index contributed by atoms with van der Waals surface area (Å²) in [7, 11) is 7.24. The van der Waals surface area contributed by atoms with Crippen LogP contribution in [-0.4, -0.2) is 81.3 Å². The molecule has 2 aliphatic heterocycles. The quantitative estimate of drug-likeness (QED) is 0.398. The molecule has 3 aromatic carbocycles. The summed E-state index contributed by atoms with van der Waals surface area (Å²) in [4.78, 5) is 30.1. The summed E-state index contributed by atoms with van der Waals surface area (Å²) in [6.07, 6.45) is 2.48. The van der Waals surface area contributed by atoms with Crippen LogP contribution in [-0.2, 0) is 4.79 Å². The summed E-state index contributed by atoms with van der Waals surface area (Å²) in [5.41, 5.74) is 3.06. The number of ether oxygens (including phenoxy) is 2. The van der Waals surface area contributed by atoms with Gasteiger partial charge in [-0.15, -0.1) is 0 Å². The minimum atomic E-state index is -0.499. The largest absolute Gasteiger partial charge is 0.493 e. The Morgan fingerprint density at radius 2 is 1.65 bits per heavy atom. The molecule has 2 heterocycles. The SMILES string of the molecule is COc1ccc(C2=NN(C3CCN(C(=O)c4ccc(N(C)C)c5ccccc45)CC3)C(C=O)C2(C)C)cc1OC. The molecule has 3 aromatic rings. The second kappa shape index (κ2) is 10.8. The van der Waals surface area contributed by atoms with E-state index in [0.29, 0.717) is 24.6 Å². The van der Waals surface area contributed by atoms with E-state index in [1.165, 1.54) is 0 Å². The van der Waals surface area contributed by atoms with Crippen molar-refractivity contribution in [2.24, 2.45) is 10.5 Å². The van der Waals surface area contributed by atoms with Crippen LogP contribution in [0.2, 0.25) is 0 Å². The first-order chi connectivity index (χ1) is 19.2. The van der Waals surface area contributed by atoms with Crippen LogP contribution in [0.15, 0.2) is 59.7 Å². The van der Waals surface area contributed by atoms with Gasteiger partial charge in [-0.1, -0.05) is 38.1 Å². The third-order valence-corrected chi connectivity index (χ3v) is 8.38. The van der Waals surface area contributed by atoms with E-state index in [1.54, 1.807) is 14.2 Å². The fourth-order valence-electron chi connectivity index (χ4n) is 6.10. The van der Waals surface area contributed by atoms with Gasteiger partial charge in [0.05, 0.1) is 26.0 Å². The summed E-state index contributed by atoms with van der Waals surface area (Å²) in [6.45, 7) is 5.33. The van der Waals surface area contributed by atoms with Gasteiger partial charge >= 0.3 is 0 Å². The van der Waals surface area contributed by atoms with Gasteiger partial charge in [-0.3, -0.25) is 9.80 Å². The second-order valence-electron chi connectivity index (χ2n) is 11.3. The zero-order valence-electron chi connectivity index (χ0n) is 24.2. The fourth-order valence-corrected chi connectivity index (χ4v) is 6.10. The number of piperidine rings is 1. The van der Waals surface area contributed by atoms with E-state index in [1.807, 2.05) is 72.5 Å². The number of fused-ring (bicyclic) bond motifs is 1. The molecule has 0 spiro atoms. The van der Waals surface area contributed by atoms with Crippen LogP contribution in [0, 0.1) is 5.41 Å². The lowest BCUT2D eigenvalue weighted by atomic mass is 9.78. The molecule has 1 amide bonds. The van der Waals surface area contributed by atoms with Crippen LogP contribution in [0.3, 0.4) is 0 Å². The highest BCUT2D eigenvalue weighted by Gasteiger charge is 2.47. The van der Waals surface area contributed by atoms with E-state index >= 15 is 0 Å². The van der Waals surface area contributed by atoms with Crippen LogP contribution < -0.4 is 14.4 Å². The fraction of sp³-hybridized carbons (Fsp3) is 0.406. The van der Waals surface area contributed by atoms with Crippen molar-refractivity contribution < 1.29 is 19.1 Å². The lowest BCUT2D eigenvalue weighted by Gasteiger charge is -2.39. The molecule has 0 aliphatic carbocycles. The Hall–Kier alpha value is -4.07. The zero-order chi connectivity index (χ0) is 28.6. The van der Waals surface area contributed by atoms with Gasteiger partial charge in [0, 0.05) is 54.8 Å². The van der Waals surface area contributed by atoms with Crippen molar-refractivity contribution in [1.29, 1.82) is 0 Å². The maximum atomic E-state index is 13.7. The van der Waals surface area contributed by atoms with E-state index in [0.717, 1.165) is 52.4 Å². The molecule has 1 saturated heterocycles. The first kappa shape index (κ1) is 27.5. The van der Waals surface area contributed by atoms with Crippen molar-refractivity contribution in [3.63, 3.8) is 0 Å². The molecule has 1 unspecified atom stereocenters. The number of aldehydes is 1. The van der Waals surface area contributed by atoms with Crippen LogP contribution >= 0.6 is 0 Å². The molecule has 0 bridgehead atoms. The molecule has 40 heavy (non-hydrogen) atoms. The van der Waals surface area contributed by atoms with Gasteiger partial charge < -0.3 is 24.1 Å². The Kier molecular flexibility index (Phi) is 7.45. The molecule has 0 radical (unpaired) electrons. The molecular weight excluding hydrogens is 504 g/mol. The number of rotatable bonds is 7. The Labute approximate surface area is 236 Å². The van der Waals surface area contributed by atoms with Crippen molar-refractivity contribution in [2.75, 3.05) is 46.3 Å². The molecule has 0 saturated carbocycles. The Morgan fingerprint density at radius 3 is 2.27 bits per heavy atom. The van der Waals surface area contributed by atoms with E-state index in [9.17, 15) is 9.59 Å². The predicted molar refractivity (Wildman–Crippen MR) is 159 cm³/mol. The molecule has 5 rings (SSSR count). The Bertz CT molecular complexity index is 1460. The highest BCUT2D eigenvalue weighted by molar-refractivity contribution is 6.10. The van der Waals surface area contributed by atoms with Crippen LogP contribution in [0.1, 0.15) is 42.6 Å². The van der Waals surface area contributed by atoms with Crippen LogP contribution in [0.5, 0.6) is 11.5 Å². The van der Waals surface area contributed by atoms with Gasteiger partial charge in [0.15, 0.2) is 11.5 Å². The molecule has 210 valence electrons. The molecule has 2 aliphatic rings. The highest BCUT2D eigenvalue weighted by Crippen LogP contribution is 2.40. The number of carbonyl (C=O) groups is 2. The lowest BCUT2D eigenvalue weighted by Crippen LogP contribution is -2.50. The van der Waals surface area contributed by atoms with Crippen molar-refractivity contribution in [3.8, 4) is 11.5 Å². The van der Waals surface area contributed by atoms with Crippen molar-refractivity contribution in [2.45, 2.75) is 38.8 Å². The van der Waals surface area contributed by atoms with E-state index in [-0.39, 0.29) is 11.9 Å². The third kappa shape index (κ3) is 4.65. The maximum absolute atomic E-state index is 13.7. The van der Waals surface area contributed by atoms with Gasteiger partial charge in [-0.2, -0.15) is 5.10 Å². The number of nitrogens with zero attached hydrogens (tertiary/aromatic N) is 4. The Morgan fingerprint density at radius 1 is 0.975 bits per heavy atom. The number of carbonyl (C=O) groups excluding carboxylic acids is 2. The van der Waals surface area contributed by atoms with Gasteiger partial charge in [-0.25, -0.2) is 0 Å². The van der Waals surface area contributed by atoms with Crippen LogP contribution in [0.25, 0.3) is 10.8 Å². The molecule has 0 aromatic heterocycles. The lowest BCUT2D eigenvalue weighted by molar-refractivity contribution is -0.115. The Balaban J connectivity index is 1.37. The van der Waals surface area contributed by atoms with E-state index < -0.39 is 11.5 Å². The number of likely N-dealkylation sites (tertiary alicyclic amines) is 1. The molecular formula is C32H38N4O4. The van der Waals surface area contributed by atoms with Crippen LogP contribution in [0.4, 0.5) is 5.69 Å².